The van der Waals surface area contributed by atoms with Crippen molar-refractivity contribution in [1.29, 1.82) is 0 Å². The van der Waals surface area contributed by atoms with Crippen molar-refractivity contribution in [3.05, 3.63) is 65.7 Å². The lowest BCUT2D eigenvalue weighted by Gasteiger charge is -2.36. The predicted octanol–water partition coefficient (Wildman–Crippen LogP) is 3.43. The van der Waals surface area contributed by atoms with Crippen LogP contribution in [0.25, 0.3) is 0 Å². The summed E-state index contributed by atoms with van der Waals surface area (Å²) in [5, 5.41) is 3.82. The van der Waals surface area contributed by atoms with Crippen molar-refractivity contribution in [3.8, 4) is 0 Å². The zero-order chi connectivity index (χ0) is 21.2. The summed E-state index contributed by atoms with van der Waals surface area (Å²) in [6.45, 7) is 2.91. The highest BCUT2D eigenvalue weighted by Gasteiger charge is 2.41. The van der Waals surface area contributed by atoms with E-state index in [1.54, 1.807) is 22.7 Å². The Balaban J connectivity index is 0.000000181. The Morgan fingerprint density at radius 2 is 1.70 bits per heavy atom. The molecular formula is C23H29N3O3S. The molecule has 2 unspecified atom stereocenters. The van der Waals surface area contributed by atoms with Crippen LogP contribution in [0, 0.1) is 6.92 Å². The Hall–Kier alpha value is -2.22. The highest BCUT2D eigenvalue weighted by Crippen LogP contribution is 2.38. The molecule has 1 aliphatic carbocycles. The number of nitrogens with zero attached hydrogens (tertiary/aromatic N) is 2. The number of hydrogen-bond acceptors (Lipinski definition) is 5. The van der Waals surface area contributed by atoms with E-state index < -0.39 is 10.0 Å². The van der Waals surface area contributed by atoms with Crippen LogP contribution in [0.5, 0.6) is 0 Å². The molecule has 0 radical (unpaired) electrons. The minimum atomic E-state index is -3.39. The maximum Gasteiger partial charge on any atom is 0.243 e. The van der Waals surface area contributed by atoms with Gasteiger partial charge in [0.15, 0.2) is 0 Å². The van der Waals surface area contributed by atoms with Gasteiger partial charge in [-0.3, -0.25) is 0 Å². The molecule has 160 valence electrons. The van der Waals surface area contributed by atoms with Gasteiger partial charge >= 0.3 is 0 Å². The van der Waals surface area contributed by atoms with Crippen LogP contribution >= 0.6 is 0 Å². The van der Waals surface area contributed by atoms with E-state index in [1.165, 1.54) is 12.0 Å². The number of piperidine rings is 1. The van der Waals surface area contributed by atoms with Crippen molar-refractivity contribution in [1.82, 2.24) is 4.31 Å². The Morgan fingerprint density at radius 3 is 2.23 bits per heavy atom. The van der Waals surface area contributed by atoms with Crippen molar-refractivity contribution in [3.63, 3.8) is 0 Å². The molecule has 0 bridgehead atoms. The second kappa shape index (κ2) is 8.49. The largest absolute Gasteiger partial charge is 0.389 e. The zero-order valence-electron chi connectivity index (χ0n) is 17.3. The summed E-state index contributed by atoms with van der Waals surface area (Å²) in [6.07, 6.45) is 5.11. The molecule has 2 aromatic rings. The molecule has 7 heteroatoms. The third kappa shape index (κ3) is 4.58. The van der Waals surface area contributed by atoms with Gasteiger partial charge in [-0.2, -0.15) is 4.31 Å². The molecule has 2 fully saturated rings. The molecule has 1 saturated heterocycles. The van der Waals surface area contributed by atoms with Gasteiger partial charge < -0.3 is 10.6 Å². The van der Waals surface area contributed by atoms with Crippen LogP contribution in [-0.4, -0.2) is 43.7 Å². The molecule has 2 aromatic carbocycles. The Bertz CT molecular complexity index is 972. The molecule has 2 aliphatic heterocycles. The van der Waals surface area contributed by atoms with E-state index in [4.69, 9.17) is 10.6 Å². The Labute approximate surface area is 178 Å². The van der Waals surface area contributed by atoms with Crippen LogP contribution in [0.3, 0.4) is 0 Å². The van der Waals surface area contributed by atoms with Gasteiger partial charge in [0.2, 0.25) is 10.0 Å². The van der Waals surface area contributed by atoms with Crippen molar-refractivity contribution >= 4 is 16.2 Å². The fourth-order valence-corrected chi connectivity index (χ4v) is 5.42. The normalized spacial score (nSPS) is 24.7. The summed E-state index contributed by atoms with van der Waals surface area (Å²) in [4.78, 5) is 5.78. The van der Waals surface area contributed by atoms with Gasteiger partial charge in [0, 0.05) is 50.5 Å². The van der Waals surface area contributed by atoms with Gasteiger partial charge in [-0.15, -0.1) is 0 Å². The highest BCUT2D eigenvalue weighted by atomic mass is 32.2. The van der Waals surface area contributed by atoms with Crippen LogP contribution in [0.2, 0.25) is 0 Å². The number of nitrogens with two attached hydrogens (primary N) is 1. The van der Waals surface area contributed by atoms with Gasteiger partial charge in [-0.1, -0.05) is 53.2 Å². The average Bonchev–Trinajstić information content (AvgIpc) is 3.33. The third-order valence-electron chi connectivity index (χ3n) is 6.14. The standard InChI is InChI=1S/C14H18N2O3S.C9H11N/c1-12-2-4-13(5-3-12)20(17,18)16-10-7-14(8-11-16)6-9-15-19-14;10-9-6-8(9)7-4-2-1-3-5-7/h2-5,9H,6-8,10-11H2,1H3;1-5,8-9H,6,10H2. The Kier molecular flexibility index (Phi) is 5.95. The van der Waals surface area contributed by atoms with Gasteiger partial charge in [-0.25, -0.2) is 8.42 Å². The van der Waals surface area contributed by atoms with Crippen LogP contribution in [0.1, 0.15) is 42.7 Å². The maximum atomic E-state index is 12.6. The first-order valence-electron chi connectivity index (χ1n) is 10.5. The fraction of sp³-hybridized carbons (Fsp3) is 0.435. The van der Waals surface area contributed by atoms with Gasteiger partial charge in [0.1, 0.15) is 5.60 Å². The molecule has 1 saturated carbocycles. The van der Waals surface area contributed by atoms with Crippen molar-refractivity contribution in [2.75, 3.05) is 13.1 Å². The average molecular weight is 428 g/mol. The van der Waals surface area contributed by atoms with E-state index in [-0.39, 0.29) is 5.60 Å². The quantitative estimate of drug-likeness (QED) is 0.813. The molecule has 1 spiro atoms. The van der Waals surface area contributed by atoms with Crippen molar-refractivity contribution < 1.29 is 13.3 Å². The van der Waals surface area contributed by atoms with E-state index >= 15 is 0 Å². The lowest BCUT2D eigenvalue weighted by atomic mass is 9.90. The van der Waals surface area contributed by atoms with Gasteiger partial charge in [0.05, 0.1) is 4.90 Å². The molecule has 5 rings (SSSR count). The minimum Gasteiger partial charge on any atom is -0.389 e. The zero-order valence-corrected chi connectivity index (χ0v) is 18.1. The molecule has 2 heterocycles. The second-order valence-electron chi connectivity index (χ2n) is 8.40. The summed E-state index contributed by atoms with van der Waals surface area (Å²) >= 11 is 0. The molecule has 2 N–H and O–H groups in total. The van der Waals surface area contributed by atoms with Gasteiger partial charge in [0.25, 0.3) is 0 Å². The summed E-state index contributed by atoms with van der Waals surface area (Å²) in [6, 6.07) is 17.9. The SMILES string of the molecule is Cc1ccc(S(=O)(=O)N2CCC3(CC=NO3)CC2)cc1.NC1CC1c1ccccc1. The summed E-state index contributed by atoms with van der Waals surface area (Å²) in [7, 11) is -3.39. The topological polar surface area (TPSA) is 85.0 Å². The first-order chi connectivity index (χ1) is 14.4. The minimum absolute atomic E-state index is 0.265. The monoisotopic (exact) mass is 427 g/mol. The summed E-state index contributed by atoms with van der Waals surface area (Å²) in [5.41, 5.74) is 7.89. The molecule has 3 aliphatic rings. The number of aryl methyl sites for hydroxylation is 1. The highest BCUT2D eigenvalue weighted by molar-refractivity contribution is 7.89. The number of sulfonamides is 1. The van der Waals surface area contributed by atoms with Crippen LogP contribution in [-0.2, 0) is 14.9 Å². The maximum absolute atomic E-state index is 12.6. The van der Waals surface area contributed by atoms with Gasteiger partial charge in [-0.05, 0) is 31.0 Å². The van der Waals surface area contributed by atoms with E-state index in [0.717, 1.165) is 12.0 Å². The number of benzene rings is 2. The van der Waals surface area contributed by atoms with Crippen LogP contribution in [0.15, 0.2) is 64.6 Å². The van der Waals surface area contributed by atoms with Crippen molar-refractivity contribution in [2.45, 2.75) is 55.1 Å². The third-order valence-corrected chi connectivity index (χ3v) is 8.06. The molecule has 2 atom stereocenters. The van der Waals surface area contributed by atoms with Crippen LogP contribution in [0.4, 0.5) is 0 Å². The molecule has 0 aromatic heterocycles. The first kappa shape index (κ1) is 21.0. The lowest BCUT2D eigenvalue weighted by Crippen LogP contribution is -2.46. The first-order valence-corrected chi connectivity index (χ1v) is 11.9. The summed E-state index contributed by atoms with van der Waals surface area (Å²) in [5.74, 6) is 0.654. The smallest absolute Gasteiger partial charge is 0.243 e. The fourth-order valence-electron chi connectivity index (χ4n) is 3.98. The number of hydrogen-bond donors (Lipinski definition) is 1. The van der Waals surface area contributed by atoms with E-state index in [1.807, 2.05) is 25.1 Å². The number of rotatable bonds is 3. The van der Waals surface area contributed by atoms with E-state index in [9.17, 15) is 8.42 Å². The lowest BCUT2D eigenvalue weighted by molar-refractivity contribution is -0.0506. The van der Waals surface area contributed by atoms with Crippen molar-refractivity contribution in [2.24, 2.45) is 10.9 Å². The second-order valence-corrected chi connectivity index (χ2v) is 10.3. The van der Waals surface area contributed by atoms with Crippen LogP contribution < -0.4 is 5.73 Å². The molecular weight excluding hydrogens is 398 g/mol. The molecule has 30 heavy (non-hydrogen) atoms. The molecule has 6 nitrogen and oxygen atoms in total. The van der Waals surface area contributed by atoms with E-state index in [0.29, 0.717) is 42.8 Å². The Morgan fingerprint density at radius 1 is 1.07 bits per heavy atom. The summed E-state index contributed by atoms with van der Waals surface area (Å²) < 4.78 is 26.7. The molecule has 0 amide bonds. The predicted molar refractivity (Wildman–Crippen MR) is 118 cm³/mol. The number of oxime groups is 1. The van der Waals surface area contributed by atoms with E-state index in [2.05, 4.69) is 29.4 Å².